The second kappa shape index (κ2) is 8.61. The first-order chi connectivity index (χ1) is 15.5. The van der Waals surface area contributed by atoms with Crippen molar-refractivity contribution in [2.24, 2.45) is 16.5 Å². The Balaban J connectivity index is 1.88. The van der Waals surface area contributed by atoms with Crippen molar-refractivity contribution in [3.8, 4) is 11.8 Å². The molecular formula is C23H21FN6O2. The van der Waals surface area contributed by atoms with Gasteiger partial charge in [-0.2, -0.15) is 10.4 Å². The molecule has 8 nitrogen and oxygen atoms in total. The lowest BCUT2D eigenvalue weighted by atomic mass is 9.91. The molecule has 0 aliphatic heterocycles. The number of rotatable bonds is 6. The van der Waals surface area contributed by atoms with Crippen molar-refractivity contribution < 1.29 is 9.13 Å². The molecule has 3 aromatic rings. The van der Waals surface area contributed by atoms with Crippen LogP contribution in [0.25, 0.3) is 16.3 Å². The van der Waals surface area contributed by atoms with Crippen molar-refractivity contribution >= 4 is 22.1 Å². The number of nitriles is 1. The summed E-state index contributed by atoms with van der Waals surface area (Å²) >= 11 is 0. The first-order valence-corrected chi connectivity index (χ1v) is 10.0. The summed E-state index contributed by atoms with van der Waals surface area (Å²) in [6.07, 6.45) is 3.12. The zero-order chi connectivity index (χ0) is 22.8. The van der Waals surface area contributed by atoms with Crippen molar-refractivity contribution in [3.05, 3.63) is 75.1 Å². The molecule has 9 heteroatoms. The Bertz CT molecular complexity index is 1370. The van der Waals surface area contributed by atoms with Gasteiger partial charge in [-0.1, -0.05) is 6.07 Å². The molecule has 4 rings (SSSR count). The number of H-pyrrole nitrogens is 1. The number of fused-ring (bicyclic) bond motifs is 1. The molecule has 1 saturated carbocycles. The summed E-state index contributed by atoms with van der Waals surface area (Å²) in [5.74, 6) is -0.310. The van der Waals surface area contributed by atoms with Gasteiger partial charge in [0.05, 0.1) is 28.5 Å². The Morgan fingerprint density at radius 3 is 2.78 bits per heavy atom. The predicted octanol–water partition coefficient (Wildman–Crippen LogP) is 2.35. The molecule has 2 aromatic carbocycles. The maximum absolute atomic E-state index is 15.0. The minimum absolute atomic E-state index is 0.00743. The Kier molecular flexibility index (Phi) is 5.71. The van der Waals surface area contributed by atoms with Gasteiger partial charge < -0.3 is 16.2 Å². The van der Waals surface area contributed by atoms with E-state index in [-0.39, 0.29) is 35.0 Å². The Hall–Kier alpha value is -4.03. The van der Waals surface area contributed by atoms with Gasteiger partial charge >= 0.3 is 0 Å². The maximum atomic E-state index is 15.0. The van der Waals surface area contributed by atoms with E-state index in [0.29, 0.717) is 33.4 Å². The van der Waals surface area contributed by atoms with Crippen LogP contribution in [0.15, 0.2) is 46.3 Å². The van der Waals surface area contributed by atoms with Crippen LogP contribution in [0.4, 0.5) is 4.39 Å². The standard InChI is InChI=1S/C23H21FN6O2/c1-28-22(21-17(10-26)20(7-6-18(21)24)32-13-3-4-13)16(9-25)12-2-5-14-15(8-12)19(11-27)29-30-23(14)31/h2,5-9,13H,3-4,11,25,27H2,1H3,(H,30,31)/b16-9-,28-22?. The van der Waals surface area contributed by atoms with Crippen molar-refractivity contribution in [1.82, 2.24) is 10.2 Å². The van der Waals surface area contributed by atoms with Crippen LogP contribution in [0.5, 0.6) is 5.75 Å². The van der Waals surface area contributed by atoms with Gasteiger partial charge in [0.25, 0.3) is 5.56 Å². The molecular weight excluding hydrogens is 411 g/mol. The lowest BCUT2D eigenvalue weighted by Gasteiger charge is -2.16. The van der Waals surface area contributed by atoms with E-state index in [2.05, 4.69) is 21.3 Å². The quantitative estimate of drug-likeness (QED) is 0.510. The molecule has 0 unspecified atom stereocenters. The monoisotopic (exact) mass is 432 g/mol. The molecule has 32 heavy (non-hydrogen) atoms. The number of allylic oxidation sites excluding steroid dienone is 1. The average Bonchev–Trinajstić information content (AvgIpc) is 3.63. The molecule has 5 N–H and O–H groups in total. The first-order valence-electron chi connectivity index (χ1n) is 10.0. The van der Waals surface area contributed by atoms with Gasteiger partial charge in [-0.05, 0) is 42.7 Å². The van der Waals surface area contributed by atoms with Crippen LogP contribution in [0.1, 0.15) is 35.2 Å². The third kappa shape index (κ3) is 3.72. The van der Waals surface area contributed by atoms with Gasteiger partial charge in [-0.3, -0.25) is 9.79 Å². The summed E-state index contributed by atoms with van der Waals surface area (Å²) in [5, 5.41) is 17.2. The Morgan fingerprint density at radius 2 is 2.16 bits per heavy atom. The summed E-state index contributed by atoms with van der Waals surface area (Å²) in [6.45, 7) is 0.112. The van der Waals surface area contributed by atoms with Gasteiger partial charge in [0.1, 0.15) is 23.2 Å². The summed E-state index contributed by atoms with van der Waals surface area (Å²) in [6, 6.07) is 9.76. The minimum atomic E-state index is -0.619. The third-order valence-corrected chi connectivity index (χ3v) is 5.30. The molecule has 0 saturated heterocycles. The van der Waals surface area contributed by atoms with Crippen LogP contribution < -0.4 is 21.8 Å². The van der Waals surface area contributed by atoms with E-state index in [9.17, 15) is 10.1 Å². The number of nitrogens with one attached hydrogen (secondary N) is 1. The van der Waals surface area contributed by atoms with Crippen LogP contribution in [-0.4, -0.2) is 29.1 Å². The Labute approximate surface area is 183 Å². The fourth-order valence-electron chi connectivity index (χ4n) is 3.59. The number of aliphatic imine (C=N–C) groups is 1. The number of aromatic amines is 1. The van der Waals surface area contributed by atoms with Gasteiger partial charge in [0.15, 0.2) is 0 Å². The van der Waals surface area contributed by atoms with E-state index >= 15 is 4.39 Å². The number of benzene rings is 2. The number of hydrogen-bond donors (Lipinski definition) is 3. The molecule has 0 spiro atoms. The summed E-state index contributed by atoms with van der Waals surface area (Å²) in [5.41, 5.74) is 13.1. The van der Waals surface area contributed by atoms with Gasteiger partial charge in [-0.15, -0.1) is 0 Å². The largest absolute Gasteiger partial charge is 0.489 e. The molecule has 0 atom stereocenters. The Morgan fingerprint density at radius 1 is 1.38 bits per heavy atom. The number of halogens is 1. The van der Waals surface area contributed by atoms with Crippen molar-refractivity contribution in [1.29, 1.82) is 5.26 Å². The van der Waals surface area contributed by atoms with E-state index in [1.807, 2.05) is 0 Å². The van der Waals surface area contributed by atoms with Crippen molar-refractivity contribution in [3.63, 3.8) is 0 Å². The SMILES string of the molecule is CN=C(/C(=C\N)c1ccc2c(=O)[nH]nc(CN)c2c1)c1c(F)ccc(OC2CC2)c1C#N. The zero-order valence-corrected chi connectivity index (χ0v) is 17.4. The van der Waals surface area contributed by atoms with E-state index in [1.54, 1.807) is 18.2 Å². The van der Waals surface area contributed by atoms with E-state index in [0.717, 1.165) is 12.8 Å². The fraction of sp³-hybridized carbons (Fsp3) is 0.217. The normalized spacial score (nSPS) is 14.4. The average molecular weight is 432 g/mol. The number of nitrogens with zero attached hydrogens (tertiary/aromatic N) is 3. The number of ether oxygens (including phenoxy) is 1. The van der Waals surface area contributed by atoms with Crippen LogP contribution in [0.2, 0.25) is 0 Å². The first kappa shape index (κ1) is 21.2. The molecule has 1 heterocycles. The molecule has 0 bridgehead atoms. The summed E-state index contributed by atoms with van der Waals surface area (Å²) in [4.78, 5) is 16.4. The lowest BCUT2D eigenvalue weighted by Crippen LogP contribution is -2.15. The smallest absolute Gasteiger partial charge is 0.272 e. The van der Waals surface area contributed by atoms with Crippen molar-refractivity contribution in [2.75, 3.05) is 7.05 Å². The highest BCUT2D eigenvalue weighted by Gasteiger charge is 2.28. The fourth-order valence-corrected chi connectivity index (χ4v) is 3.59. The van der Waals surface area contributed by atoms with Crippen molar-refractivity contribution in [2.45, 2.75) is 25.5 Å². The second-order valence-corrected chi connectivity index (χ2v) is 7.34. The highest BCUT2D eigenvalue weighted by molar-refractivity contribution is 6.33. The van der Waals surface area contributed by atoms with Crippen LogP contribution >= 0.6 is 0 Å². The highest BCUT2D eigenvalue weighted by atomic mass is 19.1. The number of hydrogen-bond acceptors (Lipinski definition) is 7. The van der Waals surface area contributed by atoms with Gasteiger partial charge in [-0.25, -0.2) is 9.49 Å². The highest BCUT2D eigenvalue weighted by Crippen LogP contribution is 2.34. The van der Waals surface area contributed by atoms with E-state index in [4.69, 9.17) is 16.2 Å². The molecule has 0 radical (unpaired) electrons. The topological polar surface area (TPSA) is 143 Å². The molecule has 1 fully saturated rings. The van der Waals surface area contributed by atoms with Gasteiger partial charge in [0, 0.05) is 30.8 Å². The molecule has 0 amide bonds. The van der Waals surface area contributed by atoms with E-state index < -0.39 is 5.82 Å². The second-order valence-electron chi connectivity index (χ2n) is 7.34. The maximum Gasteiger partial charge on any atom is 0.272 e. The molecule has 1 aromatic heterocycles. The molecule has 162 valence electrons. The summed E-state index contributed by atoms with van der Waals surface area (Å²) in [7, 11) is 1.49. The van der Waals surface area contributed by atoms with E-state index in [1.165, 1.54) is 25.4 Å². The van der Waals surface area contributed by atoms with Gasteiger partial charge in [0.2, 0.25) is 0 Å². The lowest BCUT2D eigenvalue weighted by molar-refractivity contribution is 0.302. The third-order valence-electron chi connectivity index (χ3n) is 5.30. The van der Waals surface area contributed by atoms with Crippen LogP contribution in [0.3, 0.4) is 0 Å². The van der Waals surface area contributed by atoms with Crippen LogP contribution in [-0.2, 0) is 6.54 Å². The number of nitrogens with two attached hydrogens (primary N) is 2. The minimum Gasteiger partial charge on any atom is -0.489 e. The predicted molar refractivity (Wildman–Crippen MR) is 120 cm³/mol. The molecule has 1 aliphatic carbocycles. The van der Waals surface area contributed by atoms with Crippen LogP contribution in [0, 0.1) is 17.1 Å². The zero-order valence-electron chi connectivity index (χ0n) is 17.4. The molecule has 1 aliphatic rings. The summed E-state index contributed by atoms with van der Waals surface area (Å²) < 4.78 is 20.8. The number of aromatic nitrogens is 2.